The molecule has 13 nitrogen and oxygen atoms in total. The van der Waals surface area contributed by atoms with Gasteiger partial charge in [0.25, 0.3) is 0 Å². The van der Waals surface area contributed by atoms with Gasteiger partial charge in [0, 0.05) is 0 Å². The molecule has 0 aromatic rings. The summed E-state index contributed by atoms with van der Waals surface area (Å²) >= 11 is 0. The Hall–Kier alpha value is -3.22. The second-order valence-electron chi connectivity index (χ2n) is 4.86. The molecule has 0 unspecified atom stereocenters. The molecule has 0 fully saturated rings. The zero-order valence-corrected chi connectivity index (χ0v) is 12.7. The van der Waals surface area contributed by atoms with Crippen LogP contribution in [0.15, 0.2) is 0 Å². The van der Waals surface area contributed by atoms with Crippen molar-refractivity contribution in [1.82, 2.24) is 10.6 Å². The maximum absolute atomic E-state index is 12.0. The number of hydrogen-bond donors (Lipinski definition) is 7. The highest BCUT2D eigenvalue weighted by Gasteiger charge is 2.31. The van der Waals surface area contributed by atoms with Gasteiger partial charge in [0.15, 0.2) is 0 Å². The van der Waals surface area contributed by atoms with Gasteiger partial charge in [-0.3, -0.25) is 24.0 Å². The lowest BCUT2D eigenvalue weighted by Crippen LogP contribution is -2.55. The Morgan fingerprint density at radius 3 is 1.48 bits per heavy atom. The van der Waals surface area contributed by atoms with Crippen LogP contribution < -0.4 is 16.4 Å². The highest BCUT2D eigenvalue weighted by molar-refractivity contribution is 5.95. The van der Waals surface area contributed by atoms with E-state index in [2.05, 4.69) is 0 Å². The lowest BCUT2D eigenvalue weighted by molar-refractivity contribution is -0.148. The lowest BCUT2D eigenvalue weighted by atomic mass is 10.1. The summed E-state index contributed by atoms with van der Waals surface area (Å²) in [5.74, 6) is -8.57. The molecular formula is C12H17N3O10. The van der Waals surface area contributed by atoms with Crippen LogP contribution in [0.5, 0.6) is 0 Å². The van der Waals surface area contributed by atoms with Crippen LogP contribution in [-0.4, -0.2) is 74.2 Å². The molecule has 8 N–H and O–H groups in total. The van der Waals surface area contributed by atoms with Crippen LogP contribution in [0.2, 0.25) is 0 Å². The van der Waals surface area contributed by atoms with Crippen molar-refractivity contribution in [3.8, 4) is 0 Å². The van der Waals surface area contributed by atoms with E-state index >= 15 is 0 Å². The molecular weight excluding hydrogens is 346 g/mol. The zero-order chi connectivity index (χ0) is 19.7. The Balaban J connectivity index is 5.11. The number of carbonyl (C=O) groups excluding carboxylic acids is 2. The summed E-state index contributed by atoms with van der Waals surface area (Å²) in [5.41, 5.74) is 5.27. The Bertz CT molecular complexity index is 575. The Kier molecular flexibility index (Phi) is 8.55. The van der Waals surface area contributed by atoms with Gasteiger partial charge in [-0.15, -0.1) is 0 Å². The number of amides is 2. The van der Waals surface area contributed by atoms with E-state index in [1.807, 2.05) is 5.32 Å². The Morgan fingerprint density at radius 1 is 0.680 bits per heavy atom. The third kappa shape index (κ3) is 8.85. The topological polar surface area (TPSA) is 233 Å². The molecule has 0 heterocycles. The average Bonchev–Trinajstić information content (AvgIpc) is 2.43. The SMILES string of the molecule is N[C@@H](CC(=O)O)C(=O)N[C@@H](CC(=O)O)C(=O)N[C@@H](CC(=O)O)C(=O)O. The summed E-state index contributed by atoms with van der Waals surface area (Å²) in [6.45, 7) is 0. The molecule has 0 bridgehead atoms. The first kappa shape index (κ1) is 21.8. The standard InChI is InChI=1S/C12H17N3O10/c13-4(1-7(16)17)10(22)14-5(2-8(18)19)11(23)15-6(12(24)25)3-9(20)21/h4-6H,1-3,13H2,(H,14,22)(H,15,23)(H,16,17)(H,18,19)(H,20,21)(H,24,25)/t4-,5-,6-/m0/s1. The molecule has 140 valence electrons. The largest absolute Gasteiger partial charge is 0.481 e. The van der Waals surface area contributed by atoms with Crippen molar-refractivity contribution in [3.05, 3.63) is 0 Å². The number of carboxylic acid groups (broad SMARTS) is 4. The molecule has 0 aromatic heterocycles. The monoisotopic (exact) mass is 363 g/mol. The summed E-state index contributed by atoms with van der Waals surface area (Å²) in [4.78, 5) is 66.4. The minimum atomic E-state index is -1.86. The summed E-state index contributed by atoms with van der Waals surface area (Å²) in [6.07, 6.45) is -2.73. The van der Waals surface area contributed by atoms with Crippen LogP contribution >= 0.6 is 0 Å². The molecule has 0 saturated heterocycles. The van der Waals surface area contributed by atoms with Crippen molar-refractivity contribution in [2.75, 3.05) is 0 Å². The number of nitrogens with two attached hydrogens (primary N) is 1. The molecule has 0 rings (SSSR count). The van der Waals surface area contributed by atoms with E-state index in [4.69, 9.17) is 26.2 Å². The van der Waals surface area contributed by atoms with Crippen LogP contribution in [-0.2, 0) is 28.8 Å². The second kappa shape index (κ2) is 9.82. The quantitative estimate of drug-likeness (QED) is 0.193. The van der Waals surface area contributed by atoms with Gasteiger partial charge in [0.1, 0.15) is 12.1 Å². The second-order valence-corrected chi connectivity index (χ2v) is 4.86. The van der Waals surface area contributed by atoms with Crippen LogP contribution in [0.3, 0.4) is 0 Å². The predicted molar refractivity (Wildman–Crippen MR) is 76.2 cm³/mol. The molecule has 2 amide bonds. The van der Waals surface area contributed by atoms with E-state index in [0.29, 0.717) is 0 Å². The van der Waals surface area contributed by atoms with Crippen molar-refractivity contribution in [1.29, 1.82) is 0 Å². The number of aliphatic carboxylic acids is 4. The molecule has 0 saturated carbocycles. The molecule has 0 aliphatic carbocycles. The van der Waals surface area contributed by atoms with Crippen molar-refractivity contribution in [3.63, 3.8) is 0 Å². The van der Waals surface area contributed by atoms with Gasteiger partial charge in [-0.1, -0.05) is 0 Å². The summed E-state index contributed by atoms with van der Waals surface area (Å²) in [6, 6.07) is -5.21. The van der Waals surface area contributed by atoms with Gasteiger partial charge in [0.05, 0.1) is 25.3 Å². The maximum atomic E-state index is 12.0. The highest BCUT2D eigenvalue weighted by atomic mass is 16.4. The molecule has 3 atom stereocenters. The highest BCUT2D eigenvalue weighted by Crippen LogP contribution is 2.00. The van der Waals surface area contributed by atoms with E-state index in [0.717, 1.165) is 0 Å². The summed E-state index contributed by atoms with van der Waals surface area (Å²) in [7, 11) is 0. The lowest BCUT2D eigenvalue weighted by Gasteiger charge is -2.21. The van der Waals surface area contributed by atoms with Crippen LogP contribution in [0.4, 0.5) is 0 Å². The van der Waals surface area contributed by atoms with E-state index in [1.54, 1.807) is 5.32 Å². The zero-order valence-electron chi connectivity index (χ0n) is 12.7. The summed E-state index contributed by atoms with van der Waals surface area (Å²) in [5, 5.41) is 38.4. The summed E-state index contributed by atoms with van der Waals surface area (Å²) < 4.78 is 0. The smallest absolute Gasteiger partial charge is 0.326 e. The van der Waals surface area contributed by atoms with Gasteiger partial charge in [-0.25, -0.2) is 4.79 Å². The molecule has 0 aliphatic heterocycles. The molecule has 0 radical (unpaired) electrons. The van der Waals surface area contributed by atoms with Gasteiger partial charge < -0.3 is 36.8 Å². The minimum absolute atomic E-state index is 0.788. The number of carbonyl (C=O) groups is 6. The molecule has 13 heteroatoms. The Morgan fingerprint density at radius 2 is 1.08 bits per heavy atom. The molecule has 25 heavy (non-hydrogen) atoms. The van der Waals surface area contributed by atoms with Crippen LogP contribution in [0.25, 0.3) is 0 Å². The fourth-order valence-electron chi connectivity index (χ4n) is 1.59. The van der Waals surface area contributed by atoms with Gasteiger partial charge in [-0.05, 0) is 0 Å². The fourth-order valence-corrected chi connectivity index (χ4v) is 1.59. The average molecular weight is 363 g/mol. The van der Waals surface area contributed by atoms with Crippen LogP contribution in [0, 0.1) is 0 Å². The van der Waals surface area contributed by atoms with Crippen molar-refractivity contribution >= 4 is 35.7 Å². The number of nitrogens with one attached hydrogen (secondary N) is 2. The van der Waals surface area contributed by atoms with E-state index in [1.165, 1.54) is 0 Å². The molecule has 0 aromatic carbocycles. The first-order chi connectivity index (χ1) is 11.4. The number of rotatable bonds is 11. The van der Waals surface area contributed by atoms with Crippen molar-refractivity contribution < 1.29 is 49.2 Å². The minimum Gasteiger partial charge on any atom is -0.481 e. The van der Waals surface area contributed by atoms with E-state index < -0.39 is 73.1 Å². The van der Waals surface area contributed by atoms with E-state index in [9.17, 15) is 28.8 Å². The predicted octanol–water partition coefficient (Wildman–Crippen LogP) is -3.21. The van der Waals surface area contributed by atoms with Gasteiger partial charge in [0.2, 0.25) is 11.8 Å². The first-order valence-corrected chi connectivity index (χ1v) is 6.68. The third-order valence-corrected chi connectivity index (χ3v) is 2.74. The maximum Gasteiger partial charge on any atom is 0.326 e. The Labute approximate surface area is 139 Å². The number of carboxylic acids is 4. The van der Waals surface area contributed by atoms with Gasteiger partial charge >= 0.3 is 23.9 Å². The third-order valence-electron chi connectivity index (χ3n) is 2.74. The van der Waals surface area contributed by atoms with Crippen LogP contribution in [0.1, 0.15) is 19.3 Å². The number of hydrogen-bond acceptors (Lipinski definition) is 7. The van der Waals surface area contributed by atoms with Crippen molar-refractivity contribution in [2.45, 2.75) is 37.4 Å². The fraction of sp³-hybridized carbons (Fsp3) is 0.500. The normalized spacial score (nSPS) is 13.8. The molecule has 0 spiro atoms. The van der Waals surface area contributed by atoms with E-state index in [-0.39, 0.29) is 0 Å². The van der Waals surface area contributed by atoms with Crippen molar-refractivity contribution in [2.24, 2.45) is 5.73 Å². The molecule has 0 aliphatic rings. The van der Waals surface area contributed by atoms with Gasteiger partial charge in [-0.2, -0.15) is 0 Å². The first-order valence-electron chi connectivity index (χ1n) is 6.68.